The molecule has 3 rings (SSSR count). The average Bonchev–Trinajstić information content (AvgIpc) is 3.16. The van der Waals surface area contributed by atoms with Crippen LogP contribution in [0.4, 0.5) is 0 Å². The van der Waals surface area contributed by atoms with Gasteiger partial charge in [-0.15, -0.1) is 0 Å². The molecule has 0 saturated carbocycles. The molecule has 1 amide bonds. The van der Waals surface area contributed by atoms with Crippen molar-refractivity contribution in [2.45, 2.75) is 19.4 Å². The van der Waals surface area contributed by atoms with Gasteiger partial charge in [0.1, 0.15) is 5.75 Å². The number of carbonyl (C=O) groups is 1. The number of nitrogens with one attached hydrogen (secondary N) is 2. The van der Waals surface area contributed by atoms with Crippen molar-refractivity contribution in [2.75, 3.05) is 39.8 Å². The SMILES string of the molecule is COc1ccccc1CNC(=O)CN1CCC2(CCNC2)C1. The summed E-state index contributed by atoms with van der Waals surface area (Å²) in [6.45, 7) is 5.31. The smallest absolute Gasteiger partial charge is 0.234 e. The minimum Gasteiger partial charge on any atom is -0.496 e. The van der Waals surface area contributed by atoms with E-state index in [1.54, 1.807) is 7.11 Å². The minimum atomic E-state index is 0.0916. The van der Waals surface area contributed by atoms with Gasteiger partial charge in [0, 0.05) is 25.2 Å². The Labute approximate surface area is 132 Å². The fourth-order valence-corrected chi connectivity index (χ4v) is 3.61. The van der Waals surface area contributed by atoms with Crippen LogP contribution in [0.5, 0.6) is 5.75 Å². The molecule has 120 valence electrons. The number of amides is 1. The van der Waals surface area contributed by atoms with Crippen molar-refractivity contribution in [3.8, 4) is 5.75 Å². The van der Waals surface area contributed by atoms with Crippen LogP contribution < -0.4 is 15.4 Å². The Balaban J connectivity index is 1.47. The molecule has 1 aromatic rings. The minimum absolute atomic E-state index is 0.0916. The molecule has 1 unspecified atom stereocenters. The third kappa shape index (κ3) is 3.42. The highest BCUT2D eigenvalue weighted by Gasteiger charge is 2.40. The molecule has 2 heterocycles. The Morgan fingerprint density at radius 2 is 2.27 bits per heavy atom. The molecule has 22 heavy (non-hydrogen) atoms. The Morgan fingerprint density at radius 1 is 1.41 bits per heavy atom. The number of hydrogen-bond acceptors (Lipinski definition) is 4. The zero-order chi connectivity index (χ0) is 15.4. The van der Waals surface area contributed by atoms with Crippen LogP contribution >= 0.6 is 0 Å². The van der Waals surface area contributed by atoms with Crippen molar-refractivity contribution in [2.24, 2.45) is 5.41 Å². The summed E-state index contributed by atoms with van der Waals surface area (Å²) in [6, 6.07) is 7.79. The van der Waals surface area contributed by atoms with E-state index >= 15 is 0 Å². The summed E-state index contributed by atoms with van der Waals surface area (Å²) in [5.74, 6) is 0.911. The first-order chi connectivity index (χ1) is 10.7. The maximum atomic E-state index is 12.2. The number of ether oxygens (including phenoxy) is 1. The van der Waals surface area contributed by atoms with E-state index in [1.165, 1.54) is 12.8 Å². The van der Waals surface area contributed by atoms with Crippen LogP contribution in [0.3, 0.4) is 0 Å². The van der Waals surface area contributed by atoms with Gasteiger partial charge >= 0.3 is 0 Å². The standard InChI is InChI=1S/C17H25N3O2/c1-22-15-5-3-2-4-14(15)10-19-16(21)11-20-9-7-17(13-20)6-8-18-12-17/h2-5,18H,6-13H2,1H3,(H,19,21). The van der Waals surface area contributed by atoms with Gasteiger partial charge in [-0.25, -0.2) is 0 Å². The molecule has 0 bridgehead atoms. The quantitative estimate of drug-likeness (QED) is 0.852. The normalized spacial score (nSPS) is 24.8. The summed E-state index contributed by atoms with van der Waals surface area (Å²) in [5, 5.41) is 6.45. The zero-order valence-corrected chi connectivity index (χ0v) is 13.2. The van der Waals surface area contributed by atoms with Gasteiger partial charge in [0.05, 0.1) is 13.7 Å². The van der Waals surface area contributed by atoms with Gasteiger partial charge in [-0.2, -0.15) is 0 Å². The summed E-state index contributed by atoms with van der Waals surface area (Å²) in [6.07, 6.45) is 2.45. The maximum absolute atomic E-state index is 12.2. The molecule has 2 aliphatic rings. The van der Waals surface area contributed by atoms with E-state index < -0.39 is 0 Å². The van der Waals surface area contributed by atoms with Crippen LogP contribution in [0.25, 0.3) is 0 Å². The molecular formula is C17H25N3O2. The van der Waals surface area contributed by atoms with Crippen LogP contribution in [0.1, 0.15) is 18.4 Å². The van der Waals surface area contributed by atoms with Gasteiger partial charge in [-0.05, 0) is 37.4 Å². The van der Waals surface area contributed by atoms with Crippen LogP contribution in [-0.2, 0) is 11.3 Å². The van der Waals surface area contributed by atoms with Crippen LogP contribution in [0, 0.1) is 5.41 Å². The fourth-order valence-electron chi connectivity index (χ4n) is 3.61. The second-order valence-corrected chi connectivity index (χ2v) is 6.48. The fraction of sp³-hybridized carbons (Fsp3) is 0.588. The lowest BCUT2D eigenvalue weighted by Gasteiger charge is -2.22. The van der Waals surface area contributed by atoms with Crippen molar-refractivity contribution in [1.82, 2.24) is 15.5 Å². The van der Waals surface area contributed by atoms with Gasteiger partial charge in [0.15, 0.2) is 0 Å². The molecule has 1 spiro atoms. The summed E-state index contributed by atoms with van der Waals surface area (Å²) in [4.78, 5) is 14.4. The Bertz CT molecular complexity index is 526. The van der Waals surface area contributed by atoms with Crippen molar-refractivity contribution in [3.05, 3.63) is 29.8 Å². The highest BCUT2D eigenvalue weighted by molar-refractivity contribution is 5.78. The molecular weight excluding hydrogens is 278 g/mol. The van der Waals surface area contributed by atoms with Crippen LogP contribution in [0.2, 0.25) is 0 Å². The first-order valence-corrected chi connectivity index (χ1v) is 8.02. The number of likely N-dealkylation sites (tertiary alicyclic amines) is 1. The first-order valence-electron chi connectivity index (χ1n) is 8.02. The van der Waals surface area contributed by atoms with Crippen LogP contribution in [0.15, 0.2) is 24.3 Å². The van der Waals surface area contributed by atoms with E-state index in [0.29, 0.717) is 18.5 Å². The molecule has 2 fully saturated rings. The van der Waals surface area contributed by atoms with E-state index in [1.807, 2.05) is 24.3 Å². The predicted molar refractivity (Wildman–Crippen MR) is 85.8 cm³/mol. The Hall–Kier alpha value is -1.59. The molecule has 2 saturated heterocycles. The largest absolute Gasteiger partial charge is 0.496 e. The highest BCUT2D eigenvalue weighted by atomic mass is 16.5. The second kappa shape index (κ2) is 6.67. The van der Waals surface area contributed by atoms with Gasteiger partial charge in [-0.3, -0.25) is 9.69 Å². The summed E-state index contributed by atoms with van der Waals surface area (Å²) in [7, 11) is 1.65. The average molecular weight is 303 g/mol. The van der Waals surface area contributed by atoms with Crippen molar-refractivity contribution < 1.29 is 9.53 Å². The number of para-hydroxylation sites is 1. The summed E-state index contributed by atoms with van der Waals surface area (Å²) >= 11 is 0. The number of methoxy groups -OCH3 is 1. The Kier molecular flexibility index (Phi) is 4.64. The molecule has 1 aromatic carbocycles. The molecule has 1 atom stereocenters. The molecule has 2 N–H and O–H groups in total. The van der Waals surface area contributed by atoms with Gasteiger partial charge in [-0.1, -0.05) is 18.2 Å². The lowest BCUT2D eigenvalue weighted by atomic mass is 9.87. The van der Waals surface area contributed by atoms with E-state index in [0.717, 1.165) is 37.5 Å². The Morgan fingerprint density at radius 3 is 3.05 bits per heavy atom. The molecule has 0 aromatic heterocycles. The van der Waals surface area contributed by atoms with Crippen LogP contribution in [-0.4, -0.2) is 50.6 Å². The summed E-state index contributed by atoms with van der Waals surface area (Å²) < 4.78 is 5.31. The number of nitrogens with zero attached hydrogens (tertiary/aromatic N) is 1. The van der Waals surface area contributed by atoms with Crippen molar-refractivity contribution in [3.63, 3.8) is 0 Å². The van der Waals surface area contributed by atoms with Crippen molar-refractivity contribution in [1.29, 1.82) is 0 Å². The molecule has 5 nitrogen and oxygen atoms in total. The number of hydrogen-bond donors (Lipinski definition) is 2. The first kappa shape index (κ1) is 15.3. The van der Waals surface area contributed by atoms with Crippen molar-refractivity contribution >= 4 is 5.91 Å². The van der Waals surface area contributed by atoms with E-state index in [-0.39, 0.29) is 5.91 Å². The van der Waals surface area contributed by atoms with E-state index in [4.69, 9.17) is 4.74 Å². The van der Waals surface area contributed by atoms with Gasteiger partial charge in [0.25, 0.3) is 0 Å². The lowest BCUT2D eigenvalue weighted by molar-refractivity contribution is -0.122. The molecule has 5 heteroatoms. The third-order valence-electron chi connectivity index (χ3n) is 4.89. The van der Waals surface area contributed by atoms with E-state index in [9.17, 15) is 4.79 Å². The van der Waals surface area contributed by atoms with E-state index in [2.05, 4.69) is 15.5 Å². The number of rotatable bonds is 5. The monoisotopic (exact) mass is 303 g/mol. The highest BCUT2D eigenvalue weighted by Crippen LogP contribution is 2.35. The number of benzene rings is 1. The maximum Gasteiger partial charge on any atom is 0.234 e. The molecule has 0 aliphatic carbocycles. The second-order valence-electron chi connectivity index (χ2n) is 6.48. The third-order valence-corrected chi connectivity index (χ3v) is 4.89. The zero-order valence-electron chi connectivity index (χ0n) is 13.2. The molecule has 2 aliphatic heterocycles. The number of carbonyl (C=O) groups excluding carboxylic acids is 1. The topological polar surface area (TPSA) is 53.6 Å². The lowest BCUT2D eigenvalue weighted by Crippen LogP contribution is -2.37. The summed E-state index contributed by atoms with van der Waals surface area (Å²) in [5.41, 5.74) is 1.43. The van der Waals surface area contributed by atoms with Gasteiger partial charge < -0.3 is 15.4 Å². The molecule has 0 radical (unpaired) electrons. The van der Waals surface area contributed by atoms with Gasteiger partial charge in [0.2, 0.25) is 5.91 Å². The predicted octanol–water partition coefficient (Wildman–Crippen LogP) is 0.997.